The first-order chi connectivity index (χ1) is 7.61. The van der Waals surface area contributed by atoms with Crippen molar-refractivity contribution >= 4 is 0 Å². The maximum absolute atomic E-state index is 9.78. The largest absolute Gasteiger partial charge is 0.393 e. The van der Waals surface area contributed by atoms with Gasteiger partial charge in [0, 0.05) is 0 Å². The summed E-state index contributed by atoms with van der Waals surface area (Å²) in [5.74, 6) is 0.235. The quantitative estimate of drug-likeness (QED) is 0.444. The molecule has 0 aromatic carbocycles. The molecule has 0 amide bonds. The van der Waals surface area contributed by atoms with Crippen molar-refractivity contribution in [3.63, 3.8) is 0 Å². The zero-order valence-corrected chi connectivity index (χ0v) is 10.4. The van der Waals surface area contributed by atoms with E-state index in [2.05, 4.69) is 0 Å². The van der Waals surface area contributed by atoms with Gasteiger partial charge in [-0.15, -0.1) is 0 Å². The summed E-state index contributed by atoms with van der Waals surface area (Å²) < 4.78 is 0. The first-order valence-electron chi connectivity index (χ1n) is 6.38. The molecule has 0 rings (SSSR count). The molecule has 4 nitrogen and oxygen atoms in total. The lowest BCUT2D eigenvalue weighted by molar-refractivity contribution is 0.0835. The first kappa shape index (κ1) is 15.8. The Morgan fingerprint density at radius 2 is 1.44 bits per heavy atom. The Labute approximate surface area is 99.0 Å². The van der Waals surface area contributed by atoms with Crippen LogP contribution in [0.15, 0.2) is 0 Å². The maximum Gasteiger partial charge on any atom is 0.0566 e. The van der Waals surface area contributed by atoms with Gasteiger partial charge in [-0.25, -0.2) is 0 Å². The van der Waals surface area contributed by atoms with Gasteiger partial charge in [0.15, 0.2) is 0 Å². The van der Waals surface area contributed by atoms with E-state index in [1.165, 1.54) is 0 Å². The predicted octanol–water partition coefficient (Wildman–Crippen LogP) is 0.602. The van der Waals surface area contributed by atoms with Gasteiger partial charge >= 0.3 is 0 Å². The summed E-state index contributed by atoms with van der Waals surface area (Å²) in [5, 5.41) is 19.4. The van der Waals surface area contributed by atoms with E-state index in [1.807, 2.05) is 6.92 Å². The molecule has 0 saturated carbocycles. The number of hydrogen-bond acceptors (Lipinski definition) is 4. The Balaban J connectivity index is 3.57. The zero-order chi connectivity index (χ0) is 12.4. The molecule has 0 radical (unpaired) electrons. The topological polar surface area (TPSA) is 92.5 Å². The van der Waals surface area contributed by atoms with Gasteiger partial charge in [0.05, 0.1) is 12.2 Å². The van der Waals surface area contributed by atoms with E-state index >= 15 is 0 Å². The molecule has 0 aromatic rings. The van der Waals surface area contributed by atoms with E-state index in [-0.39, 0.29) is 18.1 Å². The van der Waals surface area contributed by atoms with Crippen LogP contribution in [0.1, 0.15) is 45.4 Å². The third-order valence-corrected chi connectivity index (χ3v) is 3.06. The van der Waals surface area contributed by atoms with E-state index < -0.39 is 0 Å². The van der Waals surface area contributed by atoms with Gasteiger partial charge in [-0.1, -0.05) is 6.92 Å². The van der Waals surface area contributed by atoms with Crippen LogP contribution >= 0.6 is 0 Å². The second kappa shape index (κ2) is 10.0. The summed E-state index contributed by atoms with van der Waals surface area (Å²) in [4.78, 5) is 0. The van der Waals surface area contributed by atoms with Crippen LogP contribution in [0, 0.1) is 5.92 Å². The molecule has 6 N–H and O–H groups in total. The van der Waals surface area contributed by atoms with Crippen molar-refractivity contribution in [2.75, 3.05) is 13.1 Å². The Morgan fingerprint density at radius 3 is 2.00 bits per heavy atom. The van der Waals surface area contributed by atoms with Crippen molar-refractivity contribution in [3.8, 4) is 0 Å². The van der Waals surface area contributed by atoms with Gasteiger partial charge in [0.1, 0.15) is 0 Å². The fourth-order valence-corrected chi connectivity index (χ4v) is 1.76. The van der Waals surface area contributed by atoms with Crippen molar-refractivity contribution in [2.24, 2.45) is 17.4 Å². The SMILES string of the molecule is CC(CCC(O)CCCN)C(O)CCCN. The molecular weight excluding hydrogens is 204 g/mol. The predicted molar refractivity (Wildman–Crippen MR) is 67.0 cm³/mol. The van der Waals surface area contributed by atoms with Gasteiger partial charge in [-0.2, -0.15) is 0 Å². The number of aliphatic hydroxyl groups is 2. The average molecular weight is 232 g/mol. The summed E-state index contributed by atoms with van der Waals surface area (Å²) in [5.41, 5.74) is 10.8. The summed E-state index contributed by atoms with van der Waals surface area (Å²) in [6, 6.07) is 0. The Bertz CT molecular complexity index is 156. The molecule has 0 saturated heterocycles. The Morgan fingerprint density at radius 1 is 0.875 bits per heavy atom. The Hall–Kier alpha value is -0.160. The number of aliphatic hydroxyl groups excluding tert-OH is 2. The van der Waals surface area contributed by atoms with Gasteiger partial charge in [-0.3, -0.25) is 0 Å². The molecule has 4 heteroatoms. The Kier molecular flexibility index (Phi) is 9.92. The van der Waals surface area contributed by atoms with Crippen LogP contribution < -0.4 is 11.5 Å². The van der Waals surface area contributed by atoms with E-state index in [9.17, 15) is 10.2 Å². The average Bonchev–Trinajstić information content (AvgIpc) is 2.30. The molecule has 3 unspecified atom stereocenters. The second-order valence-corrected chi connectivity index (χ2v) is 4.64. The molecule has 0 aromatic heterocycles. The molecule has 16 heavy (non-hydrogen) atoms. The molecule has 0 fully saturated rings. The van der Waals surface area contributed by atoms with Crippen molar-refractivity contribution in [1.29, 1.82) is 0 Å². The highest BCUT2D eigenvalue weighted by molar-refractivity contribution is 4.67. The normalized spacial score (nSPS) is 17.1. The number of hydrogen-bond donors (Lipinski definition) is 4. The van der Waals surface area contributed by atoms with E-state index in [1.54, 1.807) is 0 Å². The highest BCUT2D eigenvalue weighted by Crippen LogP contribution is 2.17. The van der Waals surface area contributed by atoms with Crippen molar-refractivity contribution < 1.29 is 10.2 Å². The minimum atomic E-state index is -0.287. The first-order valence-corrected chi connectivity index (χ1v) is 6.38. The molecule has 0 aliphatic rings. The number of rotatable bonds is 10. The van der Waals surface area contributed by atoms with Crippen LogP contribution in [0.4, 0.5) is 0 Å². The van der Waals surface area contributed by atoms with Crippen molar-refractivity contribution in [2.45, 2.75) is 57.7 Å². The third-order valence-electron chi connectivity index (χ3n) is 3.06. The monoisotopic (exact) mass is 232 g/mol. The molecule has 0 heterocycles. The lowest BCUT2D eigenvalue weighted by Gasteiger charge is -2.20. The van der Waals surface area contributed by atoms with Gasteiger partial charge < -0.3 is 21.7 Å². The van der Waals surface area contributed by atoms with E-state index in [4.69, 9.17) is 11.5 Å². The van der Waals surface area contributed by atoms with Crippen LogP contribution in [0.25, 0.3) is 0 Å². The number of nitrogens with two attached hydrogens (primary N) is 2. The van der Waals surface area contributed by atoms with Gasteiger partial charge in [-0.05, 0) is 57.5 Å². The van der Waals surface area contributed by atoms with E-state index in [0.29, 0.717) is 13.1 Å². The van der Waals surface area contributed by atoms with Crippen LogP contribution in [-0.2, 0) is 0 Å². The fourth-order valence-electron chi connectivity index (χ4n) is 1.76. The third kappa shape index (κ3) is 8.05. The minimum absolute atomic E-state index is 0.235. The van der Waals surface area contributed by atoms with Crippen molar-refractivity contribution in [3.05, 3.63) is 0 Å². The zero-order valence-electron chi connectivity index (χ0n) is 10.4. The summed E-state index contributed by atoms with van der Waals surface area (Å²) >= 11 is 0. The smallest absolute Gasteiger partial charge is 0.0566 e. The molecule has 3 atom stereocenters. The highest BCUT2D eigenvalue weighted by atomic mass is 16.3. The van der Waals surface area contributed by atoms with E-state index in [0.717, 1.165) is 38.5 Å². The summed E-state index contributed by atoms with van der Waals surface area (Å²) in [6.07, 6.45) is 4.31. The van der Waals surface area contributed by atoms with Gasteiger partial charge in [0.25, 0.3) is 0 Å². The van der Waals surface area contributed by atoms with Crippen LogP contribution in [0.5, 0.6) is 0 Å². The minimum Gasteiger partial charge on any atom is -0.393 e. The molecule has 0 spiro atoms. The van der Waals surface area contributed by atoms with Crippen LogP contribution in [-0.4, -0.2) is 35.5 Å². The molecular formula is C12H28N2O2. The second-order valence-electron chi connectivity index (χ2n) is 4.64. The standard InChI is InChI=1S/C12H28N2O2/c1-10(12(16)5-3-9-14)6-7-11(15)4-2-8-13/h10-12,15-16H,2-9,13-14H2,1H3. The molecule has 0 aliphatic carbocycles. The molecule has 98 valence electrons. The highest BCUT2D eigenvalue weighted by Gasteiger charge is 2.15. The fraction of sp³-hybridized carbons (Fsp3) is 1.00. The lowest BCUT2D eigenvalue weighted by atomic mass is 9.93. The van der Waals surface area contributed by atoms with Crippen LogP contribution in [0.2, 0.25) is 0 Å². The van der Waals surface area contributed by atoms with Gasteiger partial charge in [0.2, 0.25) is 0 Å². The molecule has 0 aliphatic heterocycles. The summed E-state index contributed by atoms with van der Waals surface area (Å²) in [7, 11) is 0. The lowest BCUT2D eigenvalue weighted by Crippen LogP contribution is -2.21. The summed E-state index contributed by atoms with van der Waals surface area (Å²) in [6.45, 7) is 3.28. The maximum atomic E-state index is 9.78. The molecule has 0 bridgehead atoms. The van der Waals surface area contributed by atoms with Crippen molar-refractivity contribution in [1.82, 2.24) is 0 Å². The van der Waals surface area contributed by atoms with Crippen LogP contribution in [0.3, 0.4) is 0 Å².